The second kappa shape index (κ2) is 4.72. The molecule has 0 aliphatic rings. The maximum absolute atomic E-state index is 13.6. The summed E-state index contributed by atoms with van der Waals surface area (Å²) < 4.78 is 39.7. The molecule has 0 bridgehead atoms. The van der Waals surface area contributed by atoms with Crippen LogP contribution in [0.1, 0.15) is 5.69 Å². The summed E-state index contributed by atoms with van der Waals surface area (Å²) in [6.45, 7) is 0. The first-order valence-electron chi connectivity index (χ1n) is 5.96. The molecule has 1 aromatic carbocycles. The summed E-state index contributed by atoms with van der Waals surface area (Å²) in [5.41, 5.74) is 1.05. The molecule has 6 heteroatoms. The molecule has 3 rings (SSSR count). The maximum atomic E-state index is 13.6. The van der Waals surface area contributed by atoms with Crippen LogP contribution in [0.4, 0.5) is 4.39 Å². The van der Waals surface area contributed by atoms with Gasteiger partial charge in [0.25, 0.3) is 0 Å². The fraction of sp³-hybridized carbons (Fsp3) is 0.0714. The van der Waals surface area contributed by atoms with Crippen LogP contribution >= 0.6 is 0 Å². The summed E-state index contributed by atoms with van der Waals surface area (Å²) >= 11 is 0. The molecule has 0 atom stereocenters. The summed E-state index contributed by atoms with van der Waals surface area (Å²) in [5, 5.41) is 0. The molecule has 0 unspecified atom stereocenters. The van der Waals surface area contributed by atoms with Crippen molar-refractivity contribution >= 4 is 15.5 Å². The number of nitrogens with zero attached hydrogens (tertiary/aromatic N) is 2. The van der Waals surface area contributed by atoms with E-state index in [1.54, 1.807) is 22.9 Å². The molecule has 0 fully saturated rings. The summed E-state index contributed by atoms with van der Waals surface area (Å²) in [6, 6.07) is 10.8. The van der Waals surface area contributed by atoms with Crippen molar-refractivity contribution in [2.75, 3.05) is 0 Å². The number of sulfone groups is 1. The predicted molar refractivity (Wildman–Crippen MR) is 72.5 cm³/mol. The minimum Gasteiger partial charge on any atom is -0.307 e. The van der Waals surface area contributed by atoms with E-state index in [1.807, 2.05) is 12.1 Å². The second-order valence-corrected chi connectivity index (χ2v) is 6.35. The Balaban J connectivity index is 1.99. The summed E-state index contributed by atoms with van der Waals surface area (Å²) in [4.78, 5) is 3.92. The number of imidazole rings is 1. The monoisotopic (exact) mass is 290 g/mol. The van der Waals surface area contributed by atoms with Crippen molar-refractivity contribution in [3.8, 4) is 0 Å². The molecule has 2 aromatic heterocycles. The van der Waals surface area contributed by atoms with Gasteiger partial charge in [-0.25, -0.2) is 17.8 Å². The zero-order valence-corrected chi connectivity index (χ0v) is 11.2. The summed E-state index contributed by atoms with van der Waals surface area (Å²) in [7, 11) is -3.74. The Hall–Kier alpha value is -2.21. The van der Waals surface area contributed by atoms with Gasteiger partial charge >= 0.3 is 0 Å². The Morgan fingerprint density at radius 1 is 1.10 bits per heavy atom. The second-order valence-electron chi connectivity index (χ2n) is 4.39. The van der Waals surface area contributed by atoms with Gasteiger partial charge in [-0.15, -0.1) is 0 Å². The Labute approximate surface area is 115 Å². The number of pyridine rings is 1. The molecule has 102 valence electrons. The van der Waals surface area contributed by atoms with E-state index in [0.717, 1.165) is 6.07 Å². The molecular formula is C14H11FN2O2S. The quantitative estimate of drug-likeness (QED) is 0.744. The first kappa shape index (κ1) is 12.8. The van der Waals surface area contributed by atoms with Crippen LogP contribution in [0.2, 0.25) is 0 Å². The molecule has 0 radical (unpaired) electrons. The van der Waals surface area contributed by atoms with Crippen molar-refractivity contribution in [2.24, 2.45) is 0 Å². The van der Waals surface area contributed by atoms with Crippen LogP contribution in [-0.2, 0) is 15.6 Å². The highest BCUT2D eigenvalue weighted by molar-refractivity contribution is 7.90. The number of fused-ring (bicyclic) bond motifs is 1. The number of halogens is 1. The minimum atomic E-state index is -3.74. The van der Waals surface area contributed by atoms with E-state index >= 15 is 0 Å². The van der Waals surface area contributed by atoms with Crippen LogP contribution in [0, 0.1) is 5.82 Å². The molecule has 0 aliphatic carbocycles. The highest BCUT2D eigenvalue weighted by atomic mass is 32.2. The number of benzene rings is 1. The Morgan fingerprint density at radius 2 is 1.85 bits per heavy atom. The molecule has 4 nitrogen and oxygen atoms in total. The zero-order chi connectivity index (χ0) is 14.2. The summed E-state index contributed by atoms with van der Waals surface area (Å²) in [5.74, 6) is -1.06. The lowest BCUT2D eigenvalue weighted by Crippen LogP contribution is -2.07. The van der Waals surface area contributed by atoms with Crippen molar-refractivity contribution in [3.05, 3.63) is 66.4 Å². The van der Waals surface area contributed by atoms with Gasteiger partial charge in [0.1, 0.15) is 16.4 Å². The Kier molecular flexibility index (Phi) is 3.02. The SMILES string of the molecule is O=S(=O)(Cc1cn2ccccc2n1)c1ccccc1F. The van der Waals surface area contributed by atoms with E-state index in [2.05, 4.69) is 4.98 Å². The van der Waals surface area contributed by atoms with Crippen LogP contribution in [0.25, 0.3) is 5.65 Å². The van der Waals surface area contributed by atoms with Crippen molar-refractivity contribution in [2.45, 2.75) is 10.6 Å². The number of rotatable bonds is 3. The molecule has 0 spiro atoms. The zero-order valence-electron chi connectivity index (χ0n) is 10.4. The Bertz CT molecular complexity index is 839. The first-order valence-corrected chi connectivity index (χ1v) is 7.61. The van der Waals surface area contributed by atoms with Gasteiger partial charge in [-0.1, -0.05) is 18.2 Å². The molecular weight excluding hydrogens is 279 g/mol. The molecule has 0 amide bonds. The topological polar surface area (TPSA) is 51.4 Å². The molecule has 0 saturated carbocycles. The molecule has 2 heterocycles. The molecule has 0 aliphatic heterocycles. The van der Waals surface area contributed by atoms with Crippen LogP contribution in [0.3, 0.4) is 0 Å². The van der Waals surface area contributed by atoms with Crippen molar-refractivity contribution in [3.63, 3.8) is 0 Å². The van der Waals surface area contributed by atoms with E-state index < -0.39 is 15.7 Å². The number of hydrogen-bond donors (Lipinski definition) is 0. The third-order valence-corrected chi connectivity index (χ3v) is 4.60. The fourth-order valence-corrected chi connectivity index (χ4v) is 3.36. The molecule has 0 saturated heterocycles. The molecule has 0 N–H and O–H groups in total. The molecule has 3 aromatic rings. The third kappa shape index (κ3) is 2.30. The van der Waals surface area contributed by atoms with Gasteiger partial charge in [-0.2, -0.15) is 0 Å². The largest absolute Gasteiger partial charge is 0.307 e. The third-order valence-electron chi connectivity index (χ3n) is 2.92. The first-order chi connectivity index (χ1) is 9.56. The fourth-order valence-electron chi connectivity index (χ4n) is 2.03. The van der Waals surface area contributed by atoms with Crippen molar-refractivity contribution in [1.29, 1.82) is 0 Å². The molecule has 20 heavy (non-hydrogen) atoms. The van der Waals surface area contributed by atoms with Crippen molar-refractivity contribution < 1.29 is 12.8 Å². The van der Waals surface area contributed by atoms with E-state index in [9.17, 15) is 12.8 Å². The van der Waals surface area contributed by atoms with Crippen LogP contribution < -0.4 is 0 Å². The average Bonchev–Trinajstić information content (AvgIpc) is 2.80. The Morgan fingerprint density at radius 3 is 2.60 bits per heavy atom. The normalized spacial score (nSPS) is 11.8. The van der Waals surface area contributed by atoms with E-state index in [4.69, 9.17) is 0 Å². The van der Waals surface area contributed by atoms with Gasteiger partial charge in [-0.3, -0.25) is 0 Å². The number of hydrogen-bond acceptors (Lipinski definition) is 3. The van der Waals surface area contributed by atoms with Crippen molar-refractivity contribution in [1.82, 2.24) is 9.38 Å². The van der Waals surface area contributed by atoms with Gasteiger partial charge in [0.15, 0.2) is 9.84 Å². The number of aromatic nitrogens is 2. The lowest BCUT2D eigenvalue weighted by molar-refractivity contribution is 0.566. The van der Waals surface area contributed by atoms with Crippen LogP contribution in [0.15, 0.2) is 59.8 Å². The predicted octanol–water partition coefficient (Wildman–Crippen LogP) is 2.45. The maximum Gasteiger partial charge on any atom is 0.187 e. The average molecular weight is 290 g/mol. The van der Waals surface area contributed by atoms with Gasteiger partial charge in [-0.05, 0) is 24.3 Å². The minimum absolute atomic E-state index is 0.294. The smallest absolute Gasteiger partial charge is 0.187 e. The summed E-state index contributed by atoms with van der Waals surface area (Å²) in [6.07, 6.45) is 3.41. The lowest BCUT2D eigenvalue weighted by atomic mass is 10.3. The highest BCUT2D eigenvalue weighted by Gasteiger charge is 2.20. The van der Waals surface area contributed by atoms with E-state index in [-0.39, 0.29) is 10.6 Å². The highest BCUT2D eigenvalue weighted by Crippen LogP contribution is 2.19. The van der Waals surface area contributed by atoms with Gasteiger partial charge < -0.3 is 4.40 Å². The van der Waals surface area contributed by atoms with E-state index in [0.29, 0.717) is 11.3 Å². The standard InChI is InChI=1S/C14H11FN2O2S/c15-12-5-1-2-6-13(12)20(18,19)10-11-9-17-8-4-3-7-14(17)16-11/h1-9H,10H2. The lowest BCUT2D eigenvalue weighted by Gasteiger charge is -2.03. The van der Waals surface area contributed by atoms with Gasteiger partial charge in [0.05, 0.1) is 11.4 Å². The van der Waals surface area contributed by atoms with Gasteiger partial charge in [0, 0.05) is 12.4 Å². The van der Waals surface area contributed by atoms with Gasteiger partial charge in [0.2, 0.25) is 0 Å². The van der Waals surface area contributed by atoms with E-state index in [1.165, 1.54) is 18.2 Å². The van der Waals surface area contributed by atoms with Crippen LogP contribution in [0.5, 0.6) is 0 Å². The van der Waals surface area contributed by atoms with Crippen LogP contribution in [-0.4, -0.2) is 17.8 Å².